The van der Waals surface area contributed by atoms with Gasteiger partial charge in [0.15, 0.2) is 0 Å². The molecule has 0 atom stereocenters. The molecule has 39 heavy (non-hydrogen) atoms. The smallest absolute Gasteiger partial charge is 0.418 e. The first-order valence-corrected chi connectivity index (χ1v) is 11.9. The van der Waals surface area contributed by atoms with Crippen LogP contribution in [-0.4, -0.2) is 60.3 Å². The monoisotopic (exact) mass is 540 g/mol. The number of benzene rings is 2. The summed E-state index contributed by atoms with van der Waals surface area (Å²) in [4.78, 5) is 18.6. The van der Waals surface area contributed by atoms with E-state index in [-0.39, 0.29) is 30.1 Å². The van der Waals surface area contributed by atoms with Crippen LogP contribution in [0.4, 0.5) is 24.5 Å². The van der Waals surface area contributed by atoms with Crippen molar-refractivity contribution in [3.8, 4) is 22.7 Å². The van der Waals surface area contributed by atoms with E-state index in [1.807, 2.05) is 6.92 Å². The lowest BCUT2D eigenvalue weighted by atomic mass is 10.1. The summed E-state index contributed by atoms with van der Waals surface area (Å²) in [5.74, 6) is 0.00225. The molecule has 0 spiro atoms. The maximum atomic E-state index is 13.8. The molecule has 0 aliphatic heterocycles. The summed E-state index contributed by atoms with van der Waals surface area (Å²) >= 11 is 0. The van der Waals surface area contributed by atoms with Crippen molar-refractivity contribution in [3.05, 3.63) is 77.7 Å². The first-order chi connectivity index (χ1) is 18.6. The van der Waals surface area contributed by atoms with E-state index in [0.29, 0.717) is 22.7 Å². The Bertz CT molecular complexity index is 1470. The number of nitrogens with one attached hydrogen (secondary N) is 1. The zero-order valence-corrected chi connectivity index (χ0v) is 21.8. The number of amides is 1. The largest absolute Gasteiger partial charge is 0.495 e. The second-order valence-corrected chi connectivity index (χ2v) is 8.76. The van der Waals surface area contributed by atoms with Crippen molar-refractivity contribution in [2.45, 2.75) is 13.1 Å². The number of aryl methyl sites for hydroxylation is 1. The van der Waals surface area contributed by atoms with Crippen LogP contribution in [0.15, 0.2) is 61.1 Å². The van der Waals surface area contributed by atoms with Gasteiger partial charge in [-0.1, -0.05) is 11.3 Å². The van der Waals surface area contributed by atoms with Crippen molar-refractivity contribution in [2.75, 3.05) is 44.6 Å². The Balaban J connectivity index is 1.59. The van der Waals surface area contributed by atoms with Gasteiger partial charge in [-0.3, -0.25) is 9.78 Å². The van der Waals surface area contributed by atoms with Crippen LogP contribution in [0.3, 0.4) is 0 Å². The van der Waals surface area contributed by atoms with E-state index < -0.39 is 17.6 Å². The lowest BCUT2D eigenvalue weighted by molar-refractivity contribution is -0.137. The topological polar surface area (TPSA) is 94.4 Å². The molecule has 4 rings (SSSR count). The highest BCUT2D eigenvalue weighted by atomic mass is 19.4. The van der Waals surface area contributed by atoms with Gasteiger partial charge in [0, 0.05) is 49.4 Å². The van der Waals surface area contributed by atoms with Crippen molar-refractivity contribution in [2.24, 2.45) is 0 Å². The Morgan fingerprint density at radius 1 is 1.10 bits per heavy atom. The van der Waals surface area contributed by atoms with Crippen molar-refractivity contribution in [1.82, 2.24) is 20.0 Å². The molecular formula is C27H27F3N6O3. The molecule has 0 bridgehead atoms. The molecule has 9 nitrogen and oxygen atoms in total. The minimum absolute atomic E-state index is 0.0107. The molecule has 0 radical (unpaired) electrons. The molecule has 2 heterocycles. The number of aromatic nitrogens is 4. The number of likely N-dealkylation sites (N-methyl/N-ethyl adjacent to an activating group) is 1. The Labute approximate surface area is 223 Å². The number of alkyl halides is 3. The van der Waals surface area contributed by atoms with Crippen LogP contribution >= 0.6 is 0 Å². The van der Waals surface area contributed by atoms with Crippen LogP contribution in [0.5, 0.6) is 5.75 Å². The van der Waals surface area contributed by atoms with Crippen LogP contribution in [0.25, 0.3) is 16.9 Å². The molecule has 1 amide bonds. The van der Waals surface area contributed by atoms with E-state index in [9.17, 15) is 18.0 Å². The molecule has 2 aromatic heterocycles. The Hall–Kier alpha value is -4.45. The van der Waals surface area contributed by atoms with Gasteiger partial charge in [0.1, 0.15) is 11.4 Å². The predicted octanol–water partition coefficient (Wildman–Crippen LogP) is 5.00. The average molecular weight is 541 g/mol. The van der Waals surface area contributed by atoms with E-state index >= 15 is 0 Å². The Morgan fingerprint density at radius 2 is 1.90 bits per heavy atom. The molecule has 0 saturated heterocycles. The first-order valence-electron chi connectivity index (χ1n) is 11.9. The van der Waals surface area contributed by atoms with Crippen molar-refractivity contribution in [1.29, 1.82) is 0 Å². The molecule has 0 fully saturated rings. The number of hydrogen-bond acceptors (Lipinski definition) is 7. The van der Waals surface area contributed by atoms with E-state index in [0.717, 1.165) is 11.6 Å². The molecular weight excluding hydrogens is 513 g/mol. The summed E-state index contributed by atoms with van der Waals surface area (Å²) in [6.07, 6.45) is 0.279. The third-order valence-corrected chi connectivity index (χ3v) is 6.06. The summed E-state index contributed by atoms with van der Waals surface area (Å²) in [5.41, 5.74) is 2.04. The quantitative estimate of drug-likeness (QED) is 0.319. The van der Waals surface area contributed by atoms with Gasteiger partial charge < -0.3 is 19.7 Å². The molecule has 0 saturated carbocycles. The van der Waals surface area contributed by atoms with Crippen LogP contribution in [0.2, 0.25) is 0 Å². The molecule has 0 unspecified atom stereocenters. The zero-order valence-electron chi connectivity index (χ0n) is 21.8. The fraction of sp³-hybridized carbons (Fsp3) is 0.259. The van der Waals surface area contributed by atoms with E-state index in [1.165, 1.54) is 35.9 Å². The van der Waals surface area contributed by atoms with Crippen molar-refractivity contribution in [3.63, 3.8) is 0 Å². The third-order valence-electron chi connectivity index (χ3n) is 6.06. The summed E-state index contributed by atoms with van der Waals surface area (Å²) in [7, 11) is 4.57. The Kier molecular flexibility index (Phi) is 8.15. The number of halogens is 3. The number of ether oxygens (including phenoxy) is 2. The maximum absolute atomic E-state index is 13.8. The molecule has 4 aromatic rings. The van der Waals surface area contributed by atoms with Gasteiger partial charge in [-0.25, -0.2) is 4.68 Å². The average Bonchev–Trinajstić information content (AvgIpc) is 3.41. The van der Waals surface area contributed by atoms with Gasteiger partial charge in [-0.2, -0.15) is 13.2 Å². The highest BCUT2D eigenvalue weighted by Crippen LogP contribution is 2.38. The number of methoxy groups -OCH3 is 2. The second-order valence-electron chi connectivity index (χ2n) is 8.76. The molecule has 1 N–H and O–H groups in total. The van der Waals surface area contributed by atoms with Gasteiger partial charge >= 0.3 is 6.18 Å². The number of anilines is 2. The van der Waals surface area contributed by atoms with Crippen LogP contribution < -0.4 is 15.0 Å². The number of rotatable bonds is 9. The predicted molar refractivity (Wildman–Crippen MR) is 140 cm³/mol. The van der Waals surface area contributed by atoms with Gasteiger partial charge in [-0.15, -0.1) is 5.10 Å². The lowest BCUT2D eigenvalue weighted by Crippen LogP contribution is -2.25. The standard InChI is InChI=1S/C27H27F3N6O3/c1-17-5-6-18(12-25(17)36-16-23(33-34-36)19-11-21(39-4)15-31-14-19)26(37)32-20-7-8-24(35(2)9-10-38-3)22(13-20)27(28,29)30/h5-8,11-16H,9-10H2,1-4H3,(H,32,37). The highest BCUT2D eigenvalue weighted by molar-refractivity contribution is 6.04. The van der Waals surface area contributed by atoms with Crippen LogP contribution in [0, 0.1) is 6.92 Å². The molecule has 0 aliphatic carbocycles. The SMILES string of the molecule is COCCN(C)c1ccc(NC(=O)c2ccc(C)c(-n3cc(-c4cncc(OC)c4)nn3)c2)cc1C(F)(F)F. The van der Waals surface area contributed by atoms with Crippen LogP contribution in [-0.2, 0) is 10.9 Å². The normalized spacial score (nSPS) is 11.4. The van der Waals surface area contributed by atoms with E-state index in [1.54, 1.807) is 49.9 Å². The van der Waals surface area contributed by atoms with Crippen molar-refractivity contribution >= 4 is 17.3 Å². The van der Waals surface area contributed by atoms with Gasteiger partial charge in [-0.05, 0) is 48.9 Å². The highest BCUT2D eigenvalue weighted by Gasteiger charge is 2.35. The maximum Gasteiger partial charge on any atom is 0.418 e. The first kappa shape index (κ1) is 27.6. The summed E-state index contributed by atoms with van der Waals surface area (Å²) in [5, 5.41) is 10.9. The van der Waals surface area contributed by atoms with Gasteiger partial charge in [0.2, 0.25) is 0 Å². The van der Waals surface area contributed by atoms with Crippen LogP contribution in [0.1, 0.15) is 21.5 Å². The fourth-order valence-electron chi connectivity index (χ4n) is 3.91. The van der Waals surface area contributed by atoms with E-state index in [2.05, 4.69) is 20.6 Å². The molecule has 2 aromatic carbocycles. The summed E-state index contributed by atoms with van der Waals surface area (Å²) in [6, 6.07) is 10.4. The lowest BCUT2D eigenvalue weighted by Gasteiger charge is -2.24. The number of carbonyl (C=O) groups is 1. The number of pyridine rings is 1. The number of carbonyl (C=O) groups excluding carboxylic acids is 1. The van der Waals surface area contributed by atoms with Gasteiger partial charge in [0.25, 0.3) is 5.91 Å². The minimum atomic E-state index is -4.61. The van der Waals surface area contributed by atoms with Gasteiger partial charge in [0.05, 0.1) is 37.4 Å². The fourth-order valence-corrected chi connectivity index (χ4v) is 3.91. The van der Waals surface area contributed by atoms with E-state index in [4.69, 9.17) is 9.47 Å². The zero-order chi connectivity index (χ0) is 28.2. The number of hydrogen-bond donors (Lipinski definition) is 1. The molecule has 204 valence electrons. The molecule has 0 aliphatic rings. The Morgan fingerprint density at radius 3 is 2.62 bits per heavy atom. The van der Waals surface area contributed by atoms with Crippen molar-refractivity contribution < 1.29 is 27.4 Å². The summed E-state index contributed by atoms with van der Waals surface area (Å²) in [6.45, 7) is 2.39. The molecule has 12 heteroatoms. The second kappa shape index (κ2) is 11.5. The summed E-state index contributed by atoms with van der Waals surface area (Å²) < 4.78 is 53.2. The number of nitrogens with zero attached hydrogens (tertiary/aromatic N) is 5. The minimum Gasteiger partial charge on any atom is -0.495 e. The third kappa shape index (κ3) is 6.34.